The minimum absolute atomic E-state index is 0.0637. The number of fused-ring (bicyclic) bond motifs is 3. The van der Waals surface area contributed by atoms with E-state index in [9.17, 15) is 14.7 Å². The third-order valence-corrected chi connectivity index (χ3v) is 5.37. The van der Waals surface area contributed by atoms with Crippen LogP contribution in [0, 0.1) is 0 Å². The lowest BCUT2D eigenvalue weighted by molar-refractivity contribution is -0.139. The first kappa shape index (κ1) is 19.7. The average Bonchev–Trinajstić information content (AvgIpc) is 3.38. The molecule has 154 valence electrons. The van der Waals surface area contributed by atoms with E-state index in [-0.39, 0.29) is 12.5 Å². The standard InChI is InChI=1S/C23H23N3O4/c27-22(28)21(11-5-13-26-14-6-12-24-26)25-23(29)30-15-20-18-9-3-1-7-16(18)17-8-2-4-10-19(17)20/h1-4,6-10,12,14,20-21H,5,11,13,15H2,(H,25,29)(H,27,28). The molecule has 0 saturated heterocycles. The summed E-state index contributed by atoms with van der Waals surface area (Å²) in [5, 5.41) is 16.0. The molecule has 2 N–H and O–H groups in total. The topological polar surface area (TPSA) is 93.5 Å². The van der Waals surface area contributed by atoms with Gasteiger partial charge in [0.1, 0.15) is 12.6 Å². The summed E-state index contributed by atoms with van der Waals surface area (Å²) in [5.41, 5.74) is 4.51. The number of nitrogens with zero attached hydrogens (tertiary/aromatic N) is 2. The van der Waals surface area contributed by atoms with Gasteiger partial charge in [0.05, 0.1) is 0 Å². The Balaban J connectivity index is 1.35. The van der Waals surface area contributed by atoms with Crippen LogP contribution in [-0.2, 0) is 16.1 Å². The number of carboxylic acid groups (broad SMARTS) is 1. The molecule has 3 aromatic rings. The Kier molecular flexibility index (Phi) is 5.79. The van der Waals surface area contributed by atoms with Crippen molar-refractivity contribution >= 4 is 12.1 Å². The van der Waals surface area contributed by atoms with Gasteiger partial charge in [-0.2, -0.15) is 5.10 Å². The van der Waals surface area contributed by atoms with Gasteiger partial charge in [0.2, 0.25) is 0 Å². The van der Waals surface area contributed by atoms with Crippen LogP contribution in [0.3, 0.4) is 0 Å². The van der Waals surface area contributed by atoms with Crippen molar-refractivity contribution in [2.45, 2.75) is 31.3 Å². The van der Waals surface area contributed by atoms with Gasteiger partial charge >= 0.3 is 12.1 Å². The van der Waals surface area contributed by atoms with Crippen LogP contribution in [0.4, 0.5) is 4.79 Å². The molecule has 0 bridgehead atoms. The van der Waals surface area contributed by atoms with E-state index >= 15 is 0 Å². The van der Waals surface area contributed by atoms with Crippen LogP contribution in [0.5, 0.6) is 0 Å². The lowest BCUT2D eigenvalue weighted by atomic mass is 9.98. The highest BCUT2D eigenvalue weighted by molar-refractivity contribution is 5.81. The van der Waals surface area contributed by atoms with Crippen molar-refractivity contribution in [3.05, 3.63) is 78.1 Å². The van der Waals surface area contributed by atoms with E-state index in [4.69, 9.17) is 4.74 Å². The zero-order valence-corrected chi connectivity index (χ0v) is 16.4. The van der Waals surface area contributed by atoms with E-state index in [0.717, 1.165) is 22.3 Å². The molecule has 1 aliphatic carbocycles. The predicted molar refractivity (Wildman–Crippen MR) is 111 cm³/mol. The van der Waals surface area contributed by atoms with Gasteiger partial charge in [-0.3, -0.25) is 4.68 Å². The number of hydrogen-bond donors (Lipinski definition) is 2. The maximum atomic E-state index is 12.3. The molecule has 0 saturated carbocycles. The van der Waals surface area contributed by atoms with Gasteiger partial charge in [0.25, 0.3) is 0 Å². The summed E-state index contributed by atoms with van der Waals surface area (Å²) >= 11 is 0. The first-order valence-electron chi connectivity index (χ1n) is 9.95. The van der Waals surface area contributed by atoms with Crippen LogP contribution in [0.1, 0.15) is 29.9 Å². The molecule has 2 aromatic carbocycles. The Labute approximate surface area is 174 Å². The minimum Gasteiger partial charge on any atom is -0.480 e. The van der Waals surface area contributed by atoms with Gasteiger partial charge in [-0.25, -0.2) is 9.59 Å². The number of benzene rings is 2. The van der Waals surface area contributed by atoms with Crippen LogP contribution < -0.4 is 5.32 Å². The summed E-state index contributed by atoms with van der Waals surface area (Å²) in [5.74, 6) is -1.14. The fourth-order valence-corrected chi connectivity index (χ4v) is 3.93. The Hall–Kier alpha value is -3.61. The van der Waals surface area contributed by atoms with E-state index in [1.54, 1.807) is 10.9 Å². The Bertz CT molecular complexity index is 987. The van der Waals surface area contributed by atoms with Gasteiger partial charge < -0.3 is 15.2 Å². The molecule has 30 heavy (non-hydrogen) atoms. The molecule has 0 spiro atoms. The lowest BCUT2D eigenvalue weighted by Crippen LogP contribution is -2.41. The van der Waals surface area contributed by atoms with Crippen molar-refractivity contribution < 1.29 is 19.4 Å². The zero-order chi connectivity index (χ0) is 20.9. The molecule has 1 heterocycles. The van der Waals surface area contributed by atoms with Crippen molar-refractivity contribution in [3.8, 4) is 11.1 Å². The van der Waals surface area contributed by atoms with Gasteiger partial charge in [-0.15, -0.1) is 0 Å². The molecule has 0 radical (unpaired) electrons. The van der Waals surface area contributed by atoms with Gasteiger partial charge in [-0.1, -0.05) is 48.5 Å². The van der Waals surface area contributed by atoms with Crippen molar-refractivity contribution in [1.82, 2.24) is 15.1 Å². The third-order valence-electron chi connectivity index (χ3n) is 5.37. The molecule has 1 aliphatic rings. The number of alkyl carbamates (subject to hydrolysis) is 1. The molecule has 7 heteroatoms. The van der Waals surface area contributed by atoms with E-state index < -0.39 is 18.1 Å². The summed E-state index contributed by atoms with van der Waals surface area (Å²) in [6.07, 6.45) is 3.63. The van der Waals surface area contributed by atoms with E-state index in [0.29, 0.717) is 19.4 Å². The number of ether oxygens (including phenoxy) is 1. The van der Waals surface area contributed by atoms with Crippen molar-refractivity contribution in [2.24, 2.45) is 0 Å². The number of carbonyl (C=O) groups is 2. The van der Waals surface area contributed by atoms with Crippen LogP contribution in [-0.4, -0.2) is 39.6 Å². The number of hydrogen-bond acceptors (Lipinski definition) is 4. The zero-order valence-electron chi connectivity index (χ0n) is 16.4. The van der Waals surface area contributed by atoms with Crippen LogP contribution in [0.15, 0.2) is 67.0 Å². The van der Waals surface area contributed by atoms with E-state index in [2.05, 4.69) is 22.5 Å². The SMILES string of the molecule is O=C(NC(CCCn1cccn1)C(=O)O)OCC1c2ccccc2-c2ccccc21. The summed E-state index contributed by atoms with van der Waals surface area (Å²) in [7, 11) is 0. The van der Waals surface area contributed by atoms with Crippen LogP contribution in [0.25, 0.3) is 11.1 Å². The smallest absolute Gasteiger partial charge is 0.407 e. The Morgan fingerprint density at radius 3 is 2.33 bits per heavy atom. The summed E-state index contributed by atoms with van der Waals surface area (Å²) in [6, 6.07) is 16.9. The minimum atomic E-state index is -1.08. The highest BCUT2D eigenvalue weighted by atomic mass is 16.5. The number of aliphatic carboxylic acids is 1. The number of aryl methyl sites for hydroxylation is 1. The second-order valence-corrected chi connectivity index (χ2v) is 7.27. The number of rotatable bonds is 8. The fraction of sp³-hybridized carbons (Fsp3) is 0.261. The van der Waals surface area contributed by atoms with Crippen molar-refractivity contribution in [2.75, 3.05) is 6.61 Å². The normalized spacial score (nSPS) is 13.3. The summed E-state index contributed by atoms with van der Waals surface area (Å²) < 4.78 is 7.17. The quantitative estimate of drug-likeness (QED) is 0.597. The monoisotopic (exact) mass is 405 g/mol. The average molecular weight is 405 g/mol. The number of aromatic nitrogens is 2. The third kappa shape index (κ3) is 4.20. The highest BCUT2D eigenvalue weighted by Gasteiger charge is 2.29. The summed E-state index contributed by atoms with van der Waals surface area (Å²) in [4.78, 5) is 23.8. The maximum Gasteiger partial charge on any atom is 0.407 e. The molecule has 1 unspecified atom stereocenters. The van der Waals surface area contributed by atoms with Crippen molar-refractivity contribution in [3.63, 3.8) is 0 Å². The Morgan fingerprint density at radius 1 is 1.07 bits per heavy atom. The van der Waals surface area contributed by atoms with Crippen LogP contribution >= 0.6 is 0 Å². The molecule has 0 aliphatic heterocycles. The first-order chi connectivity index (χ1) is 14.6. The fourth-order valence-electron chi connectivity index (χ4n) is 3.93. The Morgan fingerprint density at radius 2 is 1.73 bits per heavy atom. The van der Waals surface area contributed by atoms with Gasteiger partial charge in [-0.05, 0) is 41.2 Å². The molecule has 1 aromatic heterocycles. The van der Waals surface area contributed by atoms with Gasteiger partial charge in [0.15, 0.2) is 0 Å². The number of nitrogens with one attached hydrogen (secondary N) is 1. The molecule has 1 atom stereocenters. The second kappa shape index (κ2) is 8.82. The highest BCUT2D eigenvalue weighted by Crippen LogP contribution is 2.44. The van der Waals surface area contributed by atoms with Crippen LogP contribution in [0.2, 0.25) is 0 Å². The molecule has 0 fully saturated rings. The second-order valence-electron chi connectivity index (χ2n) is 7.27. The van der Waals surface area contributed by atoms with Crippen molar-refractivity contribution in [1.29, 1.82) is 0 Å². The molecule has 7 nitrogen and oxygen atoms in total. The van der Waals surface area contributed by atoms with E-state index in [1.165, 1.54) is 0 Å². The number of amides is 1. The maximum absolute atomic E-state index is 12.3. The number of carbonyl (C=O) groups excluding carboxylic acids is 1. The number of carboxylic acids is 1. The largest absolute Gasteiger partial charge is 0.480 e. The molecular weight excluding hydrogens is 382 g/mol. The lowest BCUT2D eigenvalue weighted by Gasteiger charge is -2.17. The predicted octanol–water partition coefficient (Wildman–Crippen LogP) is 3.66. The molecular formula is C23H23N3O4. The first-order valence-corrected chi connectivity index (χ1v) is 9.95. The molecule has 4 rings (SSSR count). The van der Waals surface area contributed by atoms with E-state index in [1.807, 2.05) is 48.7 Å². The van der Waals surface area contributed by atoms with Gasteiger partial charge in [0, 0.05) is 24.9 Å². The summed E-state index contributed by atoms with van der Waals surface area (Å²) in [6.45, 7) is 0.739. The molecule has 1 amide bonds.